The molecule has 134 valence electrons. The van der Waals surface area contributed by atoms with Crippen molar-refractivity contribution in [3.05, 3.63) is 12.2 Å². The highest BCUT2D eigenvalue weighted by Gasteiger charge is 2.02. The third-order valence-corrected chi connectivity index (χ3v) is 2.65. The third kappa shape index (κ3) is 25.4. The summed E-state index contributed by atoms with van der Waals surface area (Å²) in [6, 6.07) is 0. The molecule has 0 amide bonds. The Morgan fingerprint density at radius 1 is 0.957 bits per heavy atom. The van der Waals surface area contributed by atoms with Gasteiger partial charge in [0.2, 0.25) is 0 Å². The van der Waals surface area contributed by atoms with E-state index in [1.165, 1.54) is 19.3 Å². The van der Waals surface area contributed by atoms with Gasteiger partial charge in [0, 0.05) is 25.1 Å². The first-order valence-corrected chi connectivity index (χ1v) is 7.73. The van der Waals surface area contributed by atoms with Crippen molar-refractivity contribution >= 4 is 17.9 Å². The Hall–Kier alpha value is -1.89. The SMILES string of the molecule is CCCCCCCC(=O)OCCN(C)C.O=C(O)/C=C/C(=O)O. The van der Waals surface area contributed by atoms with Gasteiger partial charge in [-0.05, 0) is 20.5 Å². The summed E-state index contributed by atoms with van der Waals surface area (Å²) in [5.74, 6) is -2.56. The number of carboxylic acids is 2. The Labute approximate surface area is 137 Å². The molecule has 23 heavy (non-hydrogen) atoms. The number of rotatable bonds is 11. The highest BCUT2D eigenvalue weighted by Crippen LogP contribution is 2.05. The van der Waals surface area contributed by atoms with Crippen molar-refractivity contribution in [2.75, 3.05) is 27.2 Å². The van der Waals surface area contributed by atoms with Crippen LogP contribution in [0.15, 0.2) is 12.2 Å². The molecular weight excluding hydrogens is 302 g/mol. The fourth-order valence-electron chi connectivity index (χ4n) is 1.43. The maximum absolute atomic E-state index is 11.2. The van der Waals surface area contributed by atoms with Crippen molar-refractivity contribution in [2.24, 2.45) is 0 Å². The Kier molecular flexibility index (Phi) is 16.8. The summed E-state index contributed by atoms with van der Waals surface area (Å²) in [5.41, 5.74) is 0. The van der Waals surface area contributed by atoms with Crippen LogP contribution in [0.5, 0.6) is 0 Å². The summed E-state index contributed by atoms with van der Waals surface area (Å²) in [6.07, 6.45) is 7.57. The van der Waals surface area contributed by atoms with E-state index in [0.717, 1.165) is 19.4 Å². The van der Waals surface area contributed by atoms with E-state index in [4.69, 9.17) is 14.9 Å². The van der Waals surface area contributed by atoms with E-state index in [1.807, 2.05) is 19.0 Å². The summed E-state index contributed by atoms with van der Waals surface area (Å²) >= 11 is 0. The number of esters is 1. The molecule has 0 radical (unpaired) electrons. The van der Waals surface area contributed by atoms with E-state index in [-0.39, 0.29) is 5.97 Å². The van der Waals surface area contributed by atoms with Crippen molar-refractivity contribution in [2.45, 2.75) is 45.4 Å². The molecule has 0 aromatic carbocycles. The Bertz CT molecular complexity index is 350. The van der Waals surface area contributed by atoms with Crippen LogP contribution in [0.2, 0.25) is 0 Å². The predicted octanol–water partition coefficient (Wildman–Crippen LogP) is 2.16. The molecule has 2 N–H and O–H groups in total. The highest BCUT2D eigenvalue weighted by molar-refractivity contribution is 5.89. The van der Waals surface area contributed by atoms with Gasteiger partial charge in [-0.2, -0.15) is 0 Å². The number of hydrogen-bond donors (Lipinski definition) is 2. The van der Waals surface area contributed by atoms with Gasteiger partial charge in [-0.25, -0.2) is 9.59 Å². The molecule has 7 heteroatoms. The third-order valence-electron chi connectivity index (χ3n) is 2.65. The van der Waals surface area contributed by atoms with Crippen molar-refractivity contribution in [3.63, 3.8) is 0 Å². The maximum atomic E-state index is 11.2. The lowest BCUT2D eigenvalue weighted by Crippen LogP contribution is -2.20. The molecule has 0 heterocycles. The van der Waals surface area contributed by atoms with Crippen LogP contribution in [-0.4, -0.2) is 60.3 Å². The number of nitrogens with zero attached hydrogens (tertiary/aromatic N) is 1. The fraction of sp³-hybridized carbons (Fsp3) is 0.688. The lowest BCUT2D eigenvalue weighted by Gasteiger charge is -2.09. The van der Waals surface area contributed by atoms with Gasteiger partial charge in [0.1, 0.15) is 6.61 Å². The molecule has 0 aliphatic carbocycles. The average molecular weight is 331 g/mol. The van der Waals surface area contributed by atoms with Crippen LogP contribution in [-0.2, 0) is 19.1 Å². The van der Waals surface area contributed by atoms with E-state index >= 15 is 0 Å². The number of unbranched alkanes of at least 4 members (excludes halogenated alkanes) is 4. The van der Waals surface area contributed by atoms with Gasteiger partial charge < -0.3 is 19.8 Å². The number of carboxylic acid groups (broad SMARTS) is 2. The molecule has 0 aromatic rings. The van der Waals surface area contributed by atoms with E-state index in [0.29, 0.717) is 25.2 Å². The normalized spacial score (nSPS) is 10.3. The van der Waals surface area contributed by atoms with Crippen LogP contribution < -0.4 is 0 Å². The van der Waals surface area contributed by atoms with Gasteiger partial charge >= 0.3 is 17.9 Å². The van der Waals surface area contributed by atoms with Crippen LogP contribution in [0.4, 0.5) is 0 Å². The maximum Gasteiger partial charge on any atom is 0.328 e. The van der Waals surface area contributed by atoms with Gasteiger partial charge in [-0.15, -0.1) is 0 Å². The van der Waals surface area contributed by atoms with E-state index in [1.54, 1.807) is 0 Å². The molecular formula is C16H29NO6. The average Bonchev–Trinajstić information content (AvgIpc) is 2.45. The zero-order valence-electron chi connectivity index (χ0n) is 14.3. The molecule has 0 saturated carbocycles. The summed E-state index contributed by atoms with van der Waals surface area (Å²) in [4.78, 5) is 32.3. The van der Waals surface area contributed by atoms with E-state index in [2.05, 4.69) is 6.92 Å². The molecule has 7 nitrogen and oxygen atoms in total. The Morgan fingerprint density at radius 2 is 1.48 bits per heavy atom. The second kappa shape index (κ2) is 16.5. The van der Waals surface area contributed by atoms with Gasteiger partial charge in [0.25, 0.3) is 0 Å². The van der Waals surface area contributed by atoms with E-state index < -0.39 is 11.9 Å². The topological polar surface area (TPSA) is 104 Å². The highest BCUT2D eigenvalue weighted by atomic mass is 16.5. The van der Waals surface area contributed by atoms with Crippen LogP contribution >= 0.6 is 0 Å². The van der Waals surface area contributed by atoms with Crippen molar-refractivity contribution in [1.82, 2.24) is 4.90 Å². The molecule has 0 saturated heterocycles. The summed E-state index contributed by atoms with van der Waals surface area (Å²) < 4.78 is 5.08. The molecule has 0 rings (SSSR count). The lowest BCUT2D eigenvalue weighted by molar-refractivity contribution is -0.144. The minimum atomic E-state index is -1.26. The predicted molar refractivity (Wildman–Crippen MR) is 87.3 cm³/mol. The van der Waals surface area contributed by atoms with Gasteiger partial charge in [-0.1, -0.05) is 32.6 Å². The second-order valence-corrected chi connectivity index (χ2v) is 5.20. The van der Waals surface area contributed by atoms with Gasteiger partial charge in [0.15, 0.2) is 0 Å². The fourth-order valence-corrected chi connectivity index (χ4v) is 1.43. The van der Waals surface area contributed by atoms with Crippen molar-refractivity contribution in [1.29, 1.82) is 0 Å². The first kappa shape index (κ1) is 23.4. The molecule has 0 bridgehead atoms. The molecule has 0 aliphatic heterocycles. The number of carbonyl (C=O) groups is 3. The van der Waals surface area contributed by atoms with Crippen LogP contribution in [0.1, 0.15) is 45.4 Å². The molecule has 0 atom stereocenters. The second-order valence-electron chi connectivity index (χ2n) is 5.20. The first-order chi connectivity index (χ1) is 10.8. The van der Waals surface area contributed by atoms with Gasteiger partial charge in [-0.3, -0.25) is 4.79 Å². The van der Waals surface area contributed by atoms with Gasteiger partial charge in [0.05, 0.1) is 0 Å². The van der Waals surface area contributed by atoms with E-state index in [9.17, 15) is 14.4 Å². The summed E-state index contributed by atoms with van der Waals surface area (Å²) in [6.45, 7) is 3.51. The number of aliphatic carboxylic acids is 2. The summed E-state index contributed by atoms with van der Waals surface area (Å²) in [5, 5.41) is 15.6. The number of likely N-dealkylation sites (N-methyl/N-ethyl adjacent to an activating group) is 1. The summed E-state index contributed by atoms with van der Waals surface area (Å²) in [7, 11) is 3.94. The molecule has 0 unspecified atom stereocenters. The van der Waals surface area contributed by atoms with Crippen LogP contribution in [0.25, 0.3) is 0 Å². The zero-order chi connectivity index (χ0) is 18.1. The van der Waals surface area contributed by atoms with Crippen molar-refractivity contribution in [3.8, 4) is 0 Å². The molecule has 0 aliphatic rings. The monoisotopic (exact) mass is 331 g/mol. The van der Waals surface area contributed by atoms with Crippen molar-refractivity contribution < 1.29 is 29.3 Å². The molecule has 0 aromatic heterocycles. The quantitative estimate of drug-likeness (QED) is 0.339. The lowest BCUT2D eigenvalue weighted by atomic mass is 10.1. The minimum absolute atomic E-state index is 0.0478. The largest absolute Gasteiger partial charge is 0.478 e. The van der Waals surface area contributed by atoms with Crippen LogP contribution in [0.3, 0.4) is 0 Å². The smallest absolute Gasteiger partial charge is 0.328 e. The number of carbonyl (C=O) groups excluding carboxylic acids is 1. The Balaban J connectivity index is 0. The Morgan fingerprint density at radius 3 is 1.91 bits per heavy atom. The number of ether oxygens (including phenoxy) is 1. The van der Waals surface area contributed by atoms with Crippen LogP contribution in [0, 0.1) is 0 Å². The molecule has 0 spiro atoms. The zero-order valence-corrected chi connectivity index (χ0v) is 14.3. The minimum Gasteiger partial charge on any atom is -0.478 e. The molecule has 0 fully saturated rings. The standard InChI is InChI=1S/C12H25NO2.C4H4O4/c1-4-5-6-7-8-9-12(14)15-11-10-13(2)3;5-3(6)1-2-4(7)8/h4-11H2,1-3H3;1-2H,(H,5,6)(H,7,8)/b;2-1+. The number of hydrogen-bond acceptors (Lipinski definition) is 5. The first-order valence-electron chi connectivity index (χ1n) is 7.73.